The van der Waals surface area contributed by atoms with Crippen LogP contribution in [0, 0.1) is 18.3 Å². The van der Waals surface area contributed by atoms with Gasteiger partial charge >= 0.3 is 6.18 Å². The molecule has 0 aromatic carbocycles. The van der Waals surface area contributed by atoms with Gasteiger partial charge in [0, 0.05) is 32.3 Å². The predicted molar refractivity (Wildman–Crippen MR) is 87.6 cm³/mol. The molecule has 0 unspecified atom stereocenters. The highest BCUT2D eigenvalue weighted by Crippen LogP contribution is 2.34. The molecule has 1 aliphatic heterocycles. The molecule has 0 atom stereocenters. The number of nitriles is 1. The van der Waals surface area contributed by atoms with E-state index in [0.29, 0.717) is 32.1 Å². The molecule has 7 nitrogen and oxygen atoms in total. The average molecular weight is 379 g/mol. The summed E-state index contributed by atoms with van der Waals surface area (Å²) in [5, 5.41) is 15.5. The number of ether oxygens (including phenoxy) is 1. The molecule has 1 amide bonds. The lowest BCUT2D eigenvalue weighted by molar-refractivity contribution is -0.138. The molecular weight excluding hydrogens is 363 g/mol. The summed E-state index contributed by atoms with van der Waals surface area (Å²) in [5.74, 6) is -0.506. The Labute approximate surface area is 152 Å². The van der Waals surface area contributed by atoms with Gasteiger partial charge in [0.05, 0.1) is 23.6 Å². The SMILES string of the molecule is Cc1cnn(C2(C(=O)Nc3cnc(C#N)c(C(F)(F)F)c3)CCOCC2)c1. The number of carbonyl (C=O) groups excluding carboxylic acids is 1. The third kappa shape index (κ3) is 3.64. The number of nitrogens with zero attached hydrogens (tertiary/aromatic N) is 4. The van der Waals surface area contributed by atoms with E-state index in [1.807, 2.05) is 6.92 Å². The lowest BCUT2D eigenvalue weighted by atomic mass is 9.89. The fourth-order valence-corrected chi connectivity index (χ4v) is 3.00. The number of pyridine rings is 1. The Morgan fingerprint density at radius 2 is 2.07 bits per heavy atom. The number of carbonyl (C=O) groups is 1. The number of hydrogen-bond donors (Lipinski definition) is 1. The second-order valence-electron chi connectivity index (χ2n) is 6.29. The Hall–Kier alpha value is -2.93. The highest BCUT2D eigenvalue weighted by Gasteiger charge is 2.43. The van der Waals surface area contributed by atoms with E-state index >= 15 is 0 Å². The van der Waals surface area contributed by atoms with E-state index in [2.05, 4.69) is 15.4 Å². The molecule has 0 spiro atoms. The van der Waals surface area contributed by atoms with Crippen molar-refractivity contribution in [3.63, 3.8) is 0 Å². The van der Waals surface area contributed by atoms with Crippen molar-refractivity contribution in [2.24, 2.45) is 0 Å². The van der Waals surface area contributed by atoms with Crippen LogP contribution < -0.4 is 5.32 Å². The maximum atomic E-state index is 13.1. The first-order valence-corrected chi connectivity index (χ1v) is 8.14. The summed E-state index contributed by atoms with van der Waals surface area (Å²) in [6.45, 7) is 2.48. The van der Waals surface area contributed by atoms with E-state index in [9.17, 15) is 18.0 Å². The Kier molecular flexibility index (Phi) is 4.89. The number of halogens is 3. The fraction of sp³-hybridized carbons (Fsp3) is 0.412. The number of nitrogens with one attached hydrogen (secondary N) is 1. The molecule has 2 aromatic heterocycles. The number of rotatable bonds is 3. The summed E-state index contributed by atoms with van der Waals surface area (Å²) in [6, 6.07) is 2.12. The van der Waals surface area contributed by atoms with Gasteiger partial charge < -0.3 is 10.1 Å². The summed E-state index contributed by atoms with van der Waals surface area (Å²) in [7, 11) is 0. The zero-order valence-corrected chi connectivity index (χ0v) is 14.4. The van der Waals surface area contributed by atoms with Crippen molar-refractivity contribution in [1.29, 1.82) is 5.26 Å². The molecule has 10 heteroatoms. The summed E-state index contributed by atoms with van der Waals surface area (Å²) in [6.07, 6.45) is 0.255. The van der Waals surface area contributed by atoms with E-state index in [4.69, 9.17) is 10.00 Å². The Morgan fingerprint density at radius 3 is 2.63 bits per heavy atom. The van der Waals surface area contributed by atoms with Gasteiger partial charge in [0.2, 0.25) is 0 Å². The van der Waals surface area contributed by atoms with Gasteiger partial charge in [-0.15, -0.1) is 0 Å². The lowest BCUT2D eigenvalue weighted by Gasteiger charge is -2.36. The van der Waals surface area contributed by atoms with Crippen LogP contribution in [0.1, 0.15) is 29.7 Å². The van der Waals surface area contributed by atoms with Crippen molar-refractivity contribution in [3.05, 3.63) is 41.5 Å². The van der Waals surface area contributed by atoms with Crippen LogP contribution in [0.15, 0.2) is 24.7 Å². The Morgan fingerprint density at radius 1 is 1.37 bits per heavy atom. The van der Waals surface area contributed by atoms with E-state index in [0.717, 1.165) is 11.8 Å². The van der Waals surface area contributed by atoms with Crippen molar-refractivity contribution in [1.82, 2.24) is 14.8 Å². The van der Waals surface area contributed by atoms with Crippen LogP contribution in [-0.2, 0) is 21.2 Å². The molecule has 0 radical (unpaired) electrons. The predicted octanol–water partition coefficient (Wildman–Crippen LogP) is 2.62. The van der Waals surface area contributed by atoms with Gasteiger partial charge in [-0.3, -0.25) is 9.48 Å². The molecule has 3 heterocycles. The number of aromatic nitrogens is 3. The number of alkyl halides is 3. The topological polar surface area (TPSA) is 92.8 Å². The number of anilines is 1. The minimum atomic E-state index is -4.76. The summed E-state index contributed by atoms with van der Waals surface area (Å²) >= 11 is 0. The first-order valence-electron chi connectivity index (χ1n) is 8.14. The van der Waals surface area contributed by atoms with Gasteiger partial charge in [-0.05, 0) is 18.6 Å². The van der Waals surface area contributed by atoms with Gasteiger partial charge in [-0.2, -0.15) is 23.5 Å². The van der Waals surface area contributed by atoms with E-state index < -0.39 is 28.9 Å². The molecule has 142 valence electrons. The third-order valence-corrected chi connectivity index (χ3v) is 4.45. The first kappa shape index (κ1) is 18.8. The van der Waals surface area contributed by atoms with E-state index in [1.54, 1.807) is 12.4 Å². The maximum absolute atomic E-state index is 13.1. The van der Waals surface area contributed by atoms with Crippen molar-refractivity contribution in [2.45, 2.75) is 31.5 Å². The van der Waals surface area contributed by atoms with Crippen LogP contribution in [0.5, 0.6) is 0 Å². The van der Waals surface area contributed by atoms with Gasteiger partial charge in [0.15, 0.2) is 5.69 Å². The number of amides is 1. The zero-order chi connectivity index (χ0) is 19.7. The van der Waals surface area contributed by atoms with Gasteiger partial charge in [0.25, 0.3) is 5.91 Å². The summed E-state index contributed by atoms with van der Waals surface area (Å²) < 4.78 is 46.2. The minimum absolute atomic E-state index is 0.138. The molecule has 27 heavy (non-hydrogen) atoms. The second-order valence-corrected chi connectivity index (χ2v) is 6.29. The van der Waals surface area contributed by atoms with Crippen LogP contribution >= 0.6 is 0 Å². The van der Waals surface area contributed by atoms with E-state index in [1.165, 1.54) is 10.8 Å². The van der Waals surface area contributed by atoms with E-state index in [-0.39, 0.29) is 5.69 Å². The lowest BCUT2D eigenvalue weighted by Crippen LogP contribution is -2.49. The third-order valence-electron chi connectivity index (χ3n) is 4.45. The Balaban J connectivity index is 1.94. The molecule has 1 aliphatic rings. The standard InChI is InChI=1S/C17H16F3N5O2/c1-11-8-23-25(10-11)16(2-4-27-5-3-16)15(26)24-12-6-13(17(18,19)20)14(7-21)22-9-12/h6,8-10H,2-5H2,1H3,(H,24,26). The highest BCUT2D eigenvalue weighted by molar-refractivity contribution is 5.96. The molecule has 0 saturated carbocycles. The van der Waals surface area contributed by atoms with Crippen LogP contribution in [0.4, 0.5) is 18.9 Å². The van der Waals surface area contributed by atoms with Crippen LogP contribution in [-0.4, -0.2) is 33.9 Å². The molecule has 0 aliphatic carbocycles. The van der Waals surface area contributed by atoms with Gasteiger partial charge in [-0.25, -0.2) is 4.98 Å². The van der Waals surface area contributed by atoms with Gasteiger partial charge in [-0.1, -0.05) is 0 Å². The van der Waals surface area contributed by atoms with Gasteiger partial charge in [0.1, 0.15) is 11.6 Å². The quantitative estimate of drug-likeness (QED) is 0.885. The van der Waals surface area contributed by atoms with Crippen LogP contribution in [0.2, 0.25) is 0 Å². The first-order chi connectivity index (χ1) is 12.8. The largest absolute Gasteiger partial charge is 0.419 e. The molecule has 0 bridgehead atoms. The van der Waals surface area contributed by atoms with Crippen molar-refractivity contribution in [3.8, 4) is 6.07 Å². The van der Waals surface area contributed by atoms with Crippen molar-refractivity contribution >= 4 is 11.6 Å². The van der Waals surface area contributed by atoms with Crippen LogP contribution in [0.25, 0.3) is 0 Å². The molecule has 1 N–H and O–H groups in total. The summed E-state index contributed by atoms with van der Waals surface area (Å²) in [5.41, 5.74) is -2.30. The number of aryl methyl sites for hydroxylation is 1. The summed E-state index contributed by atoms with van der Waals surface area (Å²) in [4.78, 5) is 16.5. The monoisotopic (exact) mass is 379 g/mol. The fourth-order valence-electron chi connectivity index (χ4n) is 3.00. The second kappa shape index (κ2) is 7.00. The smallest absolute Gasteiger partial charge is 0.381 e. The molecule has 1 fully saturated rings. The molecular formula is C17H16F3N5O2. The van der Waals surface area contributed by atoms with Crippen molar-refractivity contribution < 1.29 is 22.7 Å². The molecule has 3 rings (SSSR count). The van der Waals surface area contributed by atoms with Crippen LogP contribution in [0.3, 0.4) is 0 Å². The normalized spacial score (nSPS) is 16.6. The average Bonchev–Trinajstić information content (AvgIpc) is 3.08. The van der Waals surface area contributed by atoms with Crippen molar-refractivity contribution in [2.75, 3.05) is 18.5 Å². The minimum Gasteiger partial charge on any atom is -0.381 e. The zero-order valence-electron chi connectivity index (χ0n) is 14.4. The highest BCUT2D eigenvalue weighted by atomic mass is 19.4. The molecule has 2 aromatic rings. The maximum Gasteiger partial charge on any atom is 0.419 e. The molecule has 1 saturated heterocycles. The number of hydrogen-bond acceptors (Lipinski definition) is 5. The Bertz CT molecular complexity index is 895.